The van der Waals surface area contributed by atoms with Gasteiger partial charge in [0.25, 0.3) is 5.56 Å². The van der Waals surface area contributed by atoms with E-state index in [0.29, 0.717) is 47.9 Å². The van der Waals surface area contributed by atoms with E-state index in [1.165, 1.54) is 9.56 Å². The third-order valence-electron chi connectivity index (χ3n) is 5.48. The highest BCUT2D eigenvalue weighted by Gasteiger charge is 2.21. The van der Waals surface area contributed by atoms with Crippen molar-refractivity contribution in [3.8, 4) is 11.5 Å². The Morgan fingerprint density at radius 2 is 1.94 bits per heavy atom. The van der Waals surface area contributed by atoms with Gasteiger partial charge in [-0.1, -0.05) is 11.3 Å². The lowest BCUT2D eigenvalue weighted by molar-refractivity contribution is -0.121. The summed E-state index contributed by atoms with van der Waals surface area (Å²) < 4.78 is 12.4. The minimum absolute atomic E-state index is 0.139. The fraction of sp³-hybridized carbons (Fsp3) is 0.478. The first-order valence-electron chi connectivity index (χ1n) is 11.1. The van der Waals surface area contributed by atoms with Crippen LogP contribution in [0.25, 0.3) is 10.2 Å². The summed E-state index contributed by atoms with van der Waals surface area (Å²) in [5, 5.41) is 11.7. The van der Waals surface area contributed by atoms with Crippen LogP contribution in [0.15, 0.2) is 23.0 Å². The van der Waals surface area contributed by atoms with Gasteiger partial charge in [-0.05, 0) is 69.2 Å². The largest absolute Gasteiger partial charge is 0.490 e. The molecule has 9 heteroatoms. The van der Waals surface area contributed by atoms with Crippen LogP contribution in [0, 0.1) is 0 Å². The van der Waals surface area contributed by atoms with Gasteiger partial charge in [0.05, 0.1) is 18.6 Å². The second-order valence-electron chi connectivity index (χ2n) is 7.69. The summed E-state index contributed by atoms with van der Waals surface area (Å²) in [6.45, 7) is 5.28. The molecule has 170 valence electrons. The van der Waals surface area contributed by atoms with E-state index < -0.39 is 0 Å². The number of carbonyl (C=O) groups is 1. The standard InChI is InChI=1S/C23H28N4O4S/c1-3-30-17-10-9-15(13-18(17)31-4-2)11-12-24-20(28)14-27-23(29)21-16-7-5-6-8-19(16)32-22(21)25-26-27/h9-10,13H,3-8,11-12,14H2,1-2H3,(H,24,28). The number of thiophene rings is 1. The molecule has 1 N–H and O–H groups in total. The Labute approximate surface area is 190 Å². The van der Waals surface area contributed by atoms with Crippen molar-refractivity contribution in [2.75, 3.05) is 19.8 Å². The minimum atomic E-state index is -0.263. The van der Waals surface area contributed by atoms with Crippen LogP contribution >= 0.6 is 11.3 Å². The number of benzene rings is 1. The summed E-state index contributed by atoms with van der Waals surface area (Å²) in [5.74, 6) is 1.15. The predicted octanol–water partition coefficient (Wildman–Crippen LogP) is 2.89. The first-order valence-corrected chi connectivity index (χ1v) is 12.0. The monoisotopic (exact) mass is 456 g/mol. The molecule has 0 fully saturated rings. The predicted molar refractivity (Wildman–Crippen MR) is 124 cm³/mol. The van der Waals surface area contributed by atoms with E-state index in [-0.39, 0.29) is 18.0 Å². The third-order valence-corrected chi connectivity index (χ3v) is 6.66. The van der Waals surface area contributed by atoms with Crippen molar-refractivity contribution in [3.63, 3.8) is 0 Å². The normalized spacial score (nSPS) is 13.1. The SMILES string of the molecule is CCOc1ccc(CCNC(=O)Cn2nnc3sc4c(c3c2=O)CCCC4)cc1OCC. The number of fused-ring (bicyclic) bond motifs is 3. The van der Waals surface area contributed by atoms with Crippen molar-refractivity contribution in [2.45, 2.75) is 52.5 Å². The molecule has 0 unspecified atom stereocenters. The van der Waals surface area contributed by atoms with Crippen LogP contribution in [-0.2, 0) is 30.6 Å². The van der Waals surface area contributed by atoms with Gasteiger partial charge in [0.15, 0.2) is 16.3 Å². The molecule has 0 saturated heterocycles. The maximum absolute atomic E-state index is 12.9. The Balaban J connectivity index is 1.38. The maximum Gasteiger partial charge on any atom is 0.279 e. The van der Waals surface area contributed by atoms with Crippen molar-refractivity contribution < 1.29 is 14.3 Å². The van der Waals surface area contributed by atoms with Gasteiger partial charge < -0.3 is 14.8 Å². The van der Waals surface area contributed by atoms with E-state index in [1.54, 1.807) is 11.3 Å². The highest BCUT2D eigenvalue weighted by Crippen LogP contribution is 2.33. The second kappa shape index (κ2) is 10.1. The molecule has 2 heterocycles. The molecule has 0 saturated carbocycles. The number of carbonyl (C=O) groups excluding carboxylic acids is 1. The van der Waals surface area contributed by atoms with Crippen LogP contribution in [0.4, 0.5) is 0 Å². The summed E-state index contributed by atoms with van der Waals surface area (Å²) in [5.41, 5.74) is 1.91. The fourth-order valence-electron chi connectivity index (χ4n) is 4.00. The number of aryl methyl sites for hydroxylation is 2. The lowest BCUT2D eigenvalue weighted by Gasteiger charge is -2.13. The maximum atomic E-state index is 12.9. The molecule has 0 atom stereocenters. The number of amides is 1. The number of nitrogens with one attached hydrogen (secondary N) is 1. The molecule has 2 aromatic heterocycles. The van der Waals surface area contributed by atoms with E-state index in [4.69, 9.17) is 9.47 Å². The van der Waals surface area contributed by atoms with Gasteiger partial charge in [-0.2, -0.15) is 0 Å². The van der Waals surface area contributed by atoms with E-state index in [9.17, 15) is 9.59 Å². The van der Waals surface area contributed by atoms with Crippen LogP contribution < -0.4 is 20.3 Å². The molecule has 0 spiro atoms. The molecule has 0 aliphatic heterocycles. The highest BCUT2D eigenvalue weighted by molar-refractivity contribution is 7.18. The Morgan fingerprint density at radius 1 is 1.16 bits per heavy atom. The molecule has 4 rings (SSSR count). The van der Waals surface area contributed by atoms with Crippen LogP contribution in [0.2, 0.25) is 0 Å². The summed E-state index contributed by atoms with van der Waals surface area (Å²) in [7, 11) is 0. The summed E-state index contributed by atoms with van der Waals surface area (Å²) in [6.07, 6.45) is 4.75. The van der Waals surface area contributed by atoms with Gasteiger partial charge >= 0.3 is 0 Å². The molecule has 3 aromatic rings. The molecule has 1 aliphatic carbocycles. The van der Waals surface area contributed by atoms with Gasteiger partial charge in [0.2, 0.25) is 5.91 Å². The molecule has 1 amide bonds. The van der Waals surface area contributed by atoms with E-state index in [2.05, 4.69) is 15.6 Å². The Kier molecular flexibility index (Phi) is 7.04. The summed E-state index contributed by atoms with van der Waals surface area (Å²) in [6, 6.07) is 5.78. The molecule has 32 heavy (non-hydrogen) atoms. The zero-order chi connectivity index (χ0) is 22.5. The Hall–Kier alpha value is -2.94. The third kappa shape index (κ3) is 4.77. The number of rotatable bonds is 9. The van der Waals surface area contributed by atoms with E-state index in [0.717, 1.165) is 36.8 Å². The van der Waals surface area contributed by atoms with Crippen LogP contribution in [-0.4, -0.2) is 40.7 Å². The molecule has 0 bridgehead atoms. The zero-order valence-corrected chi connectivity index (χ0v) is 19.3. The molecule has 1 aliphatic rings. The van der Waals surface area contributed by atoms with Gasteiger partial charge in [0.1, 0.15) is 6.54 Å². The second-order valence-corrected chi connectivity index (χ2v) is 8.77. The minimum Gasteiger partial charge on any atom is -0.490 e. The average molecular weight is 457 g/mol. The quantitative estimate of drug-likeness (QED) is 0.532. The lowest BCUT2D eigenvalue weighted by Crippen LogP contribution is -2.35. The molecule has 0 radical (unpaired) electrons. The lowest BCUT2D eigenvalue weighted by atomic mass is 9.97. The molecular formula is C23H28N4O4S. The van der Waals surface area contributed by atoms with Gasteiger partial charge in [0, 0.05) is 11.4 Å². The Morgan fingerprint density at radius 3 is 2.75 bits per heavy atom. The number of hydrogen-bond acceptors (Lipinski definition) is 7. The summed E-state index contributed by atoms with van der Waals surface area (Å²) in [4.78, 5) is 27.3. The van der Waals surface area contributed by atoms with E-state index >= 15 is 0 Å². The molecule has 8 nitrogen and oxygen atoms in total. The van der Waals surface area contributed by atoms with Crippen molar-refractivity contribution >= 4 is 27.5 Å². The fourth-order valence-corrected chi connectivity index (χ4v) is 5.20. The van der Waals surface area contributed by atoms with Gasteiger partial charge in [-0.15, -0.1) is 16.4 Å². The van der Waals surface area contributed by atoms with Crippen molar-refractivity contribution in [1.29, 1.82) is 0 Å². The van der Waals surface area contributed by atoms with Crippen molar-refractivity contribution in [2.24, 2.45) is 0 Å². The average Bonchev–Trinajstić information content (AvgIpc) is 3.17. The highest BCUT2D eigenvalue weighted by atomic mass is 32.1. The van der Waals surface area contributed by atoms with Crippen LogP contribution in [0.5, 0.6) is 11.5 Å². The van der Waals surface area contributed by atoms with Crippen molar-refractivity contribution in [1.82, 2.24) is 20.3 Å². The first-order chi connectivity index (χ1) is 15.6. The number of hydrogen-bond donors (Lipinski definition) is 1. The Bertz CT molecular complexity index is 1170. The topological polar surface area (TPSA) is 95.3 Å². The summed E-state index contributed by atoms with van der Waals surface area (Å²) >= 11 is 1.55. The number of aromatic nitrogens is 3. The van der Waals surface area contributed by atoms with E-state index in [1.807, 2.05) is 32.0 Å². The molecule has 1 aromatic carbocycles. The number of ether oxygens (including phenoxy) is 2. The molecular weight excluding hydrogens is 428 g/mol. The number of nitrogens with zero attached hydrogens (tertiary/aromatic N) is 3. The zero-order valence-electron chi connectivity index (χ0n) is 18.5. The van der Waals surface area contributed by atoms with Crippen LogP contribution in [0.3, 0.4) is 0 Å². The van der Waals surface area contributed by atoms with Crippen LogP contribution in [0.1, 0.15) is 42.7 Å². The van der Waals surface area contributed by atoms with Crippen molar-refractivity contribution in [3.05, 3.63) is 44.6 Å². The van der Waals surface area contributed by atoms with Gasteiger partial charge in [-0.25, -0.2) is 4.68 Å². The van der Waals surface area contributed by atoms with Gasteiger partial charge in [-0.3, -0.25) is 9.59 Å². The smallest absolute Gasteiger partial charge is 0.279 e. The first kappa shape index (κ1) is 22.3.